The summed E-state index contributed by atoms with van der Waals surface area (Å²) in [5.41, 5.74) is 0.614. The second kappa shape index (κ2) is 9.27. The standard InChI is InChI=1S/C18H20BrNO6S/c1-5-25-13-9-14(26-6-2)12(19)7-11(13)8-15-16(21)20(18(23)27-15)10(3)17(22)24-4/h7-10H,5-6H2,1-4H3/b15-8+. The van der Waals surface area contributed by atoms with Crippen LogP contribution in [0.3, 0.4) is 0 Å². The van der Waals surface area contributed by atoms with Crippen molar-refractivity contribution in [1.29, 1.82) is 0 Å². The SMILES string of the molecule is CCOc1cc(OCC)c(/C=C2/SC(=O)N(C(C)C(=O)OC)C2=O)cc1Br. The van der Waals surface area contributed by atoms with Crippen molar-refractivity contribution < 1.29 is 28.6 Å². The molecule has 2 amide bonds. The van der Waals surface area contributed by atoms with Crippen LogP contribution in [0.1, 0.15) is 26.3 Å². The molecule has 1 aromatic carbocycles. The summed E-state index contributed by atoms with van der Waals surface area (Å²) in [4.78, 5) is 37.7. The van der Waals surface area contributed by atoms with Crippen LogP contribution < -0.4 is 9.47 Å². The lowest BCUT2D eigenvalue weighted by atomic mass is 10.1. The molecule has 0 saturated carbocycles. The predicted molar refractivity (Wildman–Crippen MR) is 106 cm³/mol. The lowest BCUT2D eigenvalue weighted by molar-refractivity contribution is -0.148. The summed E-state index contributed by atoms with van der Waals surface area (Å²) in [6, 6.07) is 2.49. The molecule has 1 atom stereocenters. The Kier molecular flexibility index (Phi) is 7.32. The van der Waals surface area contributed by atoms with Gasteiger partial charge in [-0.3, -0.25) is 14.5 Å². The number of ether oxygens (including phenoxy) is 3. The molecule has 0 N–H and O–H groups in total. The van der Waals surface area contributed by atoms with Crippen molar-refractivity contribution in [3.05, 3.63) is 27.1 Å². The molecule has 9 heteroatoms. The molecule has 27 heavy (non-hydrogen) atoms. The Bertz CT molecular complexity index is 794. The topological polar surface area (TPSA) is 82.1 Å². The summed E-state index contributed by atoms with van der Waals surface area (Å²) in [6.07, 6.45) is 1.57. The van der Waals surface area contributed by atoms with Gasteiger partial charge in [-0.1, -0.05) is 0 Å². The highest BCUT2D eigenvalue weighted by Crippen LogP contribution is 2.38. The van der Waals surface area contributed by atoms with Gasteiger partial charge in [0.05, 0.1) is 29.7 Å². The zero-order valence-electron chi connectivity index (χ0n) is 15.4. The van der Waals surface area contributed by atoms with Gasteiger partial charge in [0.15, 0.2) is 0 Å². The first-order chi connectivity index (χ1) is 12.8. The van der Waals surface area contributed by atoms with E-state index in [0.717, 1.165) is 16.7 Å². The Morgan fingerprint density at radius 3 is 2.44 bits per heavy atom. The van der Waals surface area contributed by atoms with Gasteiger partial charge in [-0.25, -0.2) is 4.79 Å². The van der Waals surface area contributed by atoms with E-state index in [4.69, 9.17) is 9.47 Å². The van der Waals surface area contributed by atoms with Gasteiger partial charge in [0.2, 0.25) is 0 Å². The summed E-state index contributed by atoms with van der Waals surface area (Å²) >= 11 is 4.20. The zero-order chi connectivity index (χ0) is 20.1. The quantitative estimate of drug-likeness (QED) is 0.454. The maximum atomic E-state index is 12.6. The molecule has 1 saturated heterocycles. The van der Waals surface area contributed by atoms with Gasteiger partial charge in [-0.2, -0.15) is 0 Å². The number of thioether (sulfide) groups is 1. The van der Waals surface area contributed by atoms with E-state index in [2.05, 4.69) is 20.7 Å². The molecular weight excluding hydrogens is 438 g/mol. The molecule has 0 radical (unpaired) electrons. The number of carbonyl (C=O) groups excluding carboxylic acids is 3. The number of halogens is 1. The fraction of sp³-hybridized carbons (Fsp3) is 0.389. The summed E-state index contributed by atoms with van der Waals surface area (Å²) in [5.74, 6) is -0.0600. The predicted octanol–water partition coefficient (Wildman–Crippen LogP) is 3.84. The minimum absolute atomic E-state index is 0.202. The fourth-order valence-corrected chi connectivity index (χ4v) is 3.82. The number of imide groups is 1. The van der Waals surface area contributed by atoms with E-state index < -0.39 is 23.2 Å². The zero-order valence-corrected chi connectivity index (χ0v) is 17.8. The summed E-state index contributed by atoms with van der Waals surface area (Å²) in [5, 5.41) is -0.521. The van der Waals surface area contributed by atoms with E-state index in [1.165, 1.54) is 14.0 Å². The number of nitrogens with zero attached hydrogens (tertiary/aromatic N) is 1. The molecule has 1 fully saturated rings. The third kappa shape index (κ3) is 4.65. The second-order valence-electron chi connectivity index (χ2n) is 5.44. The van der Waals surface area contributed by atoms with E-state index in [0.29, 0.717) is 34.7 Å². The van der Waals surface area contributed by atoms with Crippen molar-refractivity contribution in [1.82, 2.24) is 4.90 Å². The Morgan fingerprint density at radius 2 is 1.85 bits per heavy atom. The average molecular weight is 458 g/mol. The number of amides is 2. The molecule has 1 aliphatic heterocycles. The Balaban J connectivity index is 2.40. The number of benzene rings is 1. The molecule has 146 valence electrons. The van der Waals surface area contributed by atoms with Crippen LogP contribution in [0.4, 0.5) is 4.79 Å². The van der Waals surface area contributed by atoms with Crippen molar-refractivity contribution >= 4 is 50.9 Å². The van der Waals surface area contributed by atoms with Crippen molar-refractivity contribution in [3.8, 4) is 11.5 Å². The smallest absolute Gasteiger partial charge is 0.328 e. The van der Waals surface area contributed by atoms with Crippen molar-refractivity contribution in [2.24, 2.45) is 0 Å². The first-order valence-corrected chi connectivity index (χ1v) is 9.88. The van der Waals surface area contributed by atoms with Crippen LogP contribution in [0.15, 0.2) is 21.5 Å². The van der Waals surface area contributed by atoms with Crippen molar-refractivity contribution in [2.45, 2.75) is 26.8 Å². The Morgan fingerprint density at radius 1 is 1.22 bits per heavy atom. The third-order valence-electron chi connectivity index (χ3n) is 3.70. The van der Waals surface area contributed by atoms with E-state index in [9.17, 15) is 14.4 Å². The van der Waals surface area contributed by atoms with E-state index in [1.54, 1.807) is 18.2 Å². The van der Waals surface area contributed by atoms with Crippen molar-refractivity contribution in [2.75, 3.05) is 20.3 Å². The molecule has 0 bridgehead atoms. The number of rotatable bonds is 7. The summed E-state index contributed by atoms with van der Waals surface area (Å²) in [6.45, 7) is 6.09. The molecule has 1 aromatic rings. The number of hydrogen-bond acceptors (Lipinski definition) is 7. The molecule has 0 aromatic heterocycles. The fourth-order valence-electron chi connectivity index (χ4n) is 2.44. The van der Waals surface area contributed by atoms with Crippen LogP contribution in [-0.4, -0.2) is 48.4 Å². The summed E-state index contributed by atoms with van der Waals surface area (Å²) in [7, 11) is 1.21. The number of methoxy groups -OCH3 is 1. The van der Waals surface area contributed by atoms with Gasteiger partial charge in [0.25, 0.3) is 11.1 Å². The molecular formula is C18H20BrNO6S. The number of esters is 1. The maximum absolute atomic E-state index is 12.6. The monoisotopic (exact) mass is 457 g/mol. The number of hydrogen-bond donors (Lipinski definition) is 0. The van der Waals surface area contributed by atoms with Crippen LogP contribution in [-0.2, 0) is 14.3 Å². The second-order valence-corrected chi connectivity index (χ2v) is 7.28. The Labute approximate surface area is 170 Å². The number of carbonyl (C=O) groups is 3. The van der Waals surface area contributed by atoms with Crippen molar-refractivity contribution in [3.63, 3.8) is 0 Å². The first-order valence-electron chi connectivity index (χ1n) is 8.28. The van der Waals surface area contributed by atoms with Crippen LogP contribution in [0, 0.1) is 0 Å². The van der Waals surface area contributed by atoms with Crippen LogP contribution in [0.25, 0.3) is 6.08 Å². The van der Waals surface area contributed by atoms with Gasteiger partial charge in [-0.15, -0.1) is 0 Å². The Hall–Kier alpha value is -2.00. The maximum Gasteiger partial charge on any atom is 0.328 e. The molecule has 7 nitrogen and oxygen atoms in total. The molecule has 1 heterocycles. The van der Waals surface area contributed by atoms with Crippen LogP contribution in [0.5, 0.6) is 11.5 Å². The first kappa shape index (κ1) is 21.3. The van der Waals surface area contributed by atoms with Gasteiger partial charge in [-0.05, 0) is 60.6 Å². The van der Waals surface area contributed by atoms with Gasteiger partial charge < -0.3 is 14.2 Å². The highest BCUT2D eigenvalue weighted by atomic mass is 79.9. The molecule has 0 spiro atoms. The normalized spacial score (nSPS) is 16.6. The molecule has 0 aliphatic carbocycles. The lowest BCUT2D eigenvalue weighted by Gasteiger charge is -2.18. The van der Waals surface area contributed by atoms with E-state index in [1.807, 2.05) is 13.8 Å². The van der Waals surface area contributed by atoms with E-state index >= 15 is 0 Å². The molecule has 1 aliphatic rings. The highest BCUT2D eigenvalue weighted by Gasteiger charge is 2.41. The molecule has 2 rings (SSSR count). The minimum Gasteiger partial charge on any atom is -0.493 e. The van der Waals surface area contributed by atoms with Gasteiger partial charge >= 0.3 is 5.97 Å². The van der Waals surface area contributed by atoms with Gasteiger partial charge in [0, 0.05) is 11.6 Å². The third-order valence-corrected chi connectivity index (χ3v) is 5.21. The highest BCUT2D eigenvalue weighted by molar-refractivity contribution is 9.10. The van der Waals surface area contributed by atoms with E-state index in [-0.39, 0.29) is 4.91 Å². The largest absolute Gasteiger partial charge is 0.493 e. The summed E-state index contributed by atoms with van der Waals surface area (Å²) < 4.78 is 16.5. The lowest BCUT2D eigenvalue weighted by Crippen LogP contribution is -2.42. The molecule has 1 unspecified atom stereocenters. The van der Waals surface area contributed by atoms with Crippen LogP contribution >= 0.6 is 27.7 Å². The minimum atomic E-state index is -0.994. The van der Waals surface area contributed by atoms with Crippen LogP contribution in [0.2, 0.25) is 0 Å². The van der Waals surface area contributed by atoms with Gasteiger partial charge in [0.1, 0.15) is 17.5 Å². The average Bonchev–Trinajstić information content (AvgIpc) is 2.91.